The summed E-state index contributed by atoms with van der Waals surface area (Å²) in [6, 6.07) is 25.6. The average molecular weight is 336 g/mol. The molecule has 0 radical (unpaired) electrons. The zero-order valence-electron chi connectivity index (χ0n) is 13.4. The fraction of sp³-hybridized carbons (Fsp3) is 0.0952. The molecular weight excluding hydrogens is 318 g/mol. The minimum absolute atomic E-state index is 0.0374. The molecule has 120 valence electrons. The number of hydrogen-bond acceptors (Lipinski definition) is 1. The van der Waals surface area contributed by atoms with Crippen LogP contribution in [0.5, 0.6) is 0 Å². The zero-order valence-corrected chi connectivity index (χ0v) is 14.2. The van der Waals surface area contributed by atoms with Crippen LogP contribution in [0.3, 0.4) is 0 Å². The van der Waals surface area contributed by atoms with E-state index in [4.69, 9.17) is 11.6 Å². The molecule has 0 aliphatic carbocycles. The summed E-state index contributed by atoms with van der Waals surface area (Å²) < 4.78 is 0. The molecule has 0 unspecified atom stereocenters. The average Bonchev–Trinajstić information content (AvgIpc) is 2.62. The predicted octanol–water partition coefficient (Wildman–Crippen LogP) is 5.28. The first-order valence-electron chi connectivity index (χ1n) is 7.79. The topological polar surface area (TPSA) is 20.3 Å². The summed E-state index contributed by atoms with van der Waals surface area (Å²) in [4.78, 5) is 14.2. The Hall–Kier alpha value is -2.58. The second kappa shape index (κ2) is 7.33. The lowest BCUT2D eigenvalue weighted by atomic mass is 10.0. The van der Waals surface area contributed by atoms with E-state index in [0.717, 1.165) is 5.56 Å². The Morgan fingerprint density at radius 3 is 2.21 bits per heavy atom. The minimum atomic E-state index is -0.0374. The molecule has 0 bridgehead atoms. The van der Waals surface area contributed by atoms with Crippen LogP contribution in [-0.4, -0.2) is 17.9 Å². The third-order valence-electron chi connectivity index (χ3n) is 3.90. The number of rotatable bonds is 4. The molecule has 0 aromatic heterocycles. The number of carbonyl (C=O) groups is 1. The van der Waals surface area contributed by atoms with E-state index >= 15 is 0 Å². The molecule has 0 heterocycles. The molecule has 24 heavy (non-hydrogen) atoms. The normalized spacial score (nSPS) is 10.4. The maximum absolute atomic E-state index is 12.5. The SMILES string of the molecule is CN(Cc1ccc(-c2ccccc2)cc1)C(=O)c1cccc(Cl)c1. The summed E-state index contributed by atoms with van der Waals surface area (Å²) in [6.07, 6.45) is 0. The van der Waals surface area contributed by atoms with Crippen molar-refractivity contribution in [2.24, 2.45) is 0 Å². The van der Waals surface area contributed by atoms with Gasteiger partial charge in [-0.25, -0.2) is 0 Å². The van der Waals surface area contributed by atoms with Gasteiger partial charge in [0.2, 0.25) is 0 Å². The third kappa shape index (κ3) is 3.84. The Bertz CT molecular complexity index is 828. The second-order valence-corrected chi connectivity index (χ2v) is 6.17. The van der Waals surface area contributed by atoms with Crippen LogP contribution in [0.2, 0.25) is 5.02 Å². The Labute approximate surface area is 147 Å². The van der Waals surface area contributed by atoms with Gasteiger partial charge >= 0.3 is 0 Å². The molecule has 0 aliphatic heterocycles. The van der Waals surface area contributed by atoms with Crippen LogP contribution in [0.15, 0.2) is 78.9 Å². The molecule has 3 aromatic rings. The highest BCUT2D eigenvalue weighted by Gasteiger charge is 2.12. The minimum Gasteiger partial charge on any atom is -0.337 e. The lowest BCUT2D eigenvalue weighted by molar-refractivity contribution is 0.0785. The van der Waals surface area contributed by atoms with Crippen molar-refractivity contribution in [2.75, 3.05) is 7.05 Å². The van der Waals surface area contributed by atoms with Crippen molar-refractivity contribution in [2.45, 2.75) is 6.54 Å². The van der Waals surface area contributed by atoms with Crippen molar-refractivity contribution < 1.29 is 4.79 Å². The number of hydrogen-bond donors (Lipinski definition) is 0. The predicted molar refractivity (Wildman–Crippen MR) is 99.1 cm³/mol. The fourth-order valence-electron chi connectivity index (χ4n) is 2.62. The van der Waals surface area contributed by atoms with Crippen molar-refractivity contribution in [3.63, 3.8) is 0 Å². The Morgan fingerprint density at radius 2 is 1.54 bits per heavy atom. The van der Waals surface area contributed by atoms with Gasteiger partial charge in [-0.3, -0.25) is 4.79 Å². The Kier molecular flexibility index (Phi) is 4.97. The lowest BCUT2D eigenvalue weighted by Gasteiger charge is -2.17. The monoisotopic (exact) mass is 335 g/mol. The highest BCUT2D eigenvalue weighted by Crippen LogP contribution is 2.20. The zero-order chi connectivity index (χ0) is 16.9. The van der Waals surface area contributed by atoms with Gasteiger partial charge in [-0.05, 0) is 34.9 Å². The van der Waals surface area contributed by atoms with Gasteiger partial charge in [0.15, 0.2) is 0 Å². The molecule has 3 heteroatoms. The van der Waals surface area contributed by atoms with Gasteiger partial charge in [0.1, 0.15) is 0 Å². The lowest BCUT2D eigenvalue weighted by Crippen LogP contribution is -2.26. The quantitative estimate of drug-likeness (QED) is 0.635. The van der Waals surface area contributed by atoms with Crippen molar-refractivity contribution >= 4 is 17.5 Å². The summed E-state index contributed by atoms with van der Waals surface area (Å²) in [5, 5.41) is 0.571. The van der Waals surface area contributed by atoms with E-state index in [2.05, 4.69) is 36.4 Å². The molecule has 0 atom stereocenters. The van der Waals surface area contributed by atoms with Gasteiger partial charge in [0.25, 0.3) is 5.91 Å². The maximum Gasteiger partial charge on any atom is 0.253 e. The number of nitrogens with zero attached hydrogens (tertiary/aromatic N) is 1. The molecule has 0 N–H and O–H groups in total. The molecule has 0 saturated heterocycles. The van der Waals surface area contributed by atoms with Gasteiger partial charge in [-0.2, -0.15) is 0 Å². The van der Waals surface area contributed by atoms with Gasteiger partial charge < -0.3 is 4.90 Å². The highest BCUT2D eigenvalue weighted by molar-refractivity contribution is 6.30. The van der Waals surface area contributed by atoms with Crippen molar-refractivity contribution in [3.8, 4) is 11.1 Å². The molecule has 0 fully saturated rings. The first-order chi connectivity index (χ1) is 11.6. The maximum atomic E-state index is 12.5. The first-order valence-corrected chi connectivity index (χ1v) is 8.17. The van der Waals surface area contributed by atoms with E-state index in [1.54, 1.807) is 36.2 Å². The van der Waals surface area contributed by atoms with E-state index in [0.29, 0.717) is 17.1 Å². The number of amides is 1. The van der Waals surface area contributed by atoms with Crippen molar-refractivity contribution in [3.05, 3.63) is 95.0 Å². The molecule has 0 saturated carbocycles. The van der Waals surface area contributed by atoms with Gasteiger partial charge in [-0.15, -0.1) is 0 Å². The highest BCUT2D eigenvalue weighted by atomic mass is 35.5. The standard InChI is InChI=1S/C21H18ClNO/c1-23(21(24)19-8-5-9-20(22)14-19)15-16-10-12-18(13-11-16)17-6-3-2-4-7-17/h2-14H,15H2,1H3. The fourth-order valence-corrected chi connectivity index (χ4v) is 2.81. The molecule has 2 nitrogen and oxygen atoms in total. The van der Waals surface area contributed by atoms with Crippen LogP contribution in [-0.2, 0) is 6.54 Å². The van der Waals surface area contributed by atoms with Crippen molar-refractivity contribution in [1.82, 2.24) is 4.90 Å². The van der Waals surface area contributed by atoms with Crippen molar-refractivity contribution in [1.29, 1.82) is 0 Å². The largest absolute Gasteiger partial charge is 0.337 e. The van der Waals surface area contributed by atoms with E-state index < -0.39 is 0 Å². The Morgan fingerprint density at radius 1 is 0.875 bits per heavy atom. The molecule has 3 rings (SSSR count). The van der Waals surface area contributed by atoms with Crippen LogP contribution < -0.4 is 0 Å². The third-order valence-corrected chi connectivity index (χ3v) is 4.13. The molecule has 0 spiro atoms. The summed E-state index contributed by atoms with van der Waals surface area (Å²) >= 11 is 5.96. The van der Waals surface area contributed by atoms with Crippen LogP contribution in [0, 0.1) is 0 Å². The van der Waals surface area contributed by atoms with Crippen LogP contribution >= 0.6 is 11.6 Å². The van der Waals surface area contributed by atoms with Crippen LogP contribution in [0.4, 0.5) is 0 Å². The van der Waals surface area contributed by atoms with E-state index in [9.17, 15) is 4.79 Å². The second-order valence-electron chi connectivity index (χ2n) is 5.73. The van der Waals surface area contributed by atoms with E-state index in [1.165, 1.54) is 11.1 Å². The number of benzene rings is 3. The summed E-state index contributed by atoms with van der Waals surface area (Å²) in [5.74, 6) is -0.0374. The molecule has 0 aliphatic rings. The van der Waals surface area contributed by atoms with Gasteiger partial charge in [0.05, 0.1) is 0 Å². The van der Waals surface area contributed by atoms with Crippen LogP contribution in [0.25, 0.3) is 11.1 Å². The van der Waals surface area contributed by atoms with Gasteiger partial charge in [-0.1, -0.05) is 72.3 Å². The Balaban J connectivity index is 1.70. The number of carbonyl (C=O) groups excluding carboxylic acids is 1. The first kappa shape index (κ1) is 16.3. The molecule has 3 aromatic carbocycles. The summed E-state index contributed by atoms with van der Waals surface area (Å²) in [6.45, 7) is 0.556. The van der Waals surface area contributed by atoms with E-state index in [-0.39, 0.29) is 5.91 Å². The summed E-state index contributed by atoms with van der Waals surface area (Å²) in [7, 11) is 1.80. The number of halogens is 1. The van der Waals surface area contributed by atoms with Crippen LogP contribution in [0.1, 0.15) is 15.9 Å². The smallest absolute Gasteiger partial charge is 0.253 e. The summed E-state index contributed by atoms with van der Waals surface area (Å²) in [5.41, 5.74) is 4.05. The molecular formula is C21H18ClNO. The van der Waals surface area contributed by atoms with E-state index in [1.807, 2.05) is 18.2 Å². The van der Waals surface area contributed by atoms with Gasteiger partial charge in [0, 0.05) is 24.2 Å². The molecule has 1 amide bonds.